The maximum atomic E-state index is 5.95. The molecule has 1 heterocycles. The molecule has 0 aliphatic heterocycles. The summed E-state index contributed by atoms with van der Waals surface area (Å²) in [5.74, 6) is 2.14. The lowest BCUT2D eigenvalue weighted by Gasteiger charge is -2.10. The lowest BCUT2D eigenvalue weighted by Crippen LogP contribution is -2.20. The van der Waals surface area contributed by atoms with Gasteiger partial charge in [-0.3, -0.25) is 4.99 Å². The average Bonchev–Trinajstić information content (AvgIpc) is 3.05. The number of amidine groups is 1. The van der Waals surface area contributed by atoms with Crippen molar-refractivity contribution in [1.29, 1.82) is 0 Å². The molecule has 0 radical (unpaired) electrons. The molecule has 0 atom stereocenters. The summed E-state index contributed by atoms with van der Waals surface area (Å²) >= 11 is 0. The summed E-state index contributed by atoms with van der Waals surface area (Å²) in [7, 11) is 3.12. The van der Waals surface area contributed by atoms with Gasteiger partial charge in [0.1, 0.15) is 5.76 Å². The lowest BCUT2D eigenvalue weighted by molar-refractivity contribution is -0.0936. The van der Waals surface area contributed by atoms with Gasteiger partial charge in [-0.05, 0) is 23.6 Å². The number of benzene rings is 1. The first-order chi connectivity index (χ1) is 11.0. The van der Waals surface area contributed by atoms with Crippen LogP contribution >= 0.6 is 0 Å². The molecule has 0 fully saturated rings. The van der Waals surface area contributed by atoms with Crippen LogP contribution in [0.4, 0.5) is 0 Å². The minimum atomic E-state index is -0.411. The van der Waals surface area contributed by atoms with Crippen molar-refractivity contribution in [2.24, 2.45) is 10.7 Å². The van der Waals surface area contributed by atoms with E-state index in [0.29, 0.717) is 24.1 Å². The van der Waals surface area contributed by atoms with Crippen LogP contribution in [0.3, 0.4) is 0 Å². The molecule has 2 N–H and O–H groups in total. The second kappa shape index (κ2) is 7.94. The third-order valence-corrected chi connectivity index (χ3v) is 3.66. The highest BCUT2D eigenvalue weighted by Gasteiger charge is 2.10. The highest BCUT2D eigenvalue weighted by molar-refractivity contribution is 5.95. The molecule has 0 saturated carbocycles. The lowest BCUT2D eigenvalue weighted by atomic mass is 10.0. The molecule has 5 nitrogen and oxygen atoms in total. The molecule has 1 aromatic carbocycles. The summed E-state index contributed by atoms with van der Waals surface area (Å²) in [5, 5.41) is 0. The predicted octanol–water partition coefficient (Wildman–Crippen LogP) is 3.39. The van der Waals surface area contributed by atoms with E-state index in [-0.39, 0.29) is 0 Å². The van der Waals surface area contributed by atoms with E-state index in [1.165, 1.54) is 5.56 Å². The van der Waals surface area contributed by atoms with Gasteiger partial charge in [-0.15, -0.1) is 0 Å². The molecule has 0 amide bonds. The number of nitrogens with zero attached hydrogens (tertiary/aromatic N) is 1. The van der Waals surface area contributed by atoms with Crippen LogP contribution in [-0.2, 0) is 9.47 Å². The fourth-order valence-electron chi connectivity index (χ4n) is 2.16. The molecule has 1 aromatic heterocycles. The van der Waals surface area contributed by atoms with Crippen molar-refractivity contribution in [3.8, 4) is 11.3 Å². The van der Waals surface area contributed by atoms with Crippen LogP contribution in [-0.4, -0.2) is 32.9 Å². The van der Waals surface area contributed by atoms with Gasteiger partial charge in [-0.1, -0.05) is 38.1 Å². The molecule has 0 bridgehead atoms. The number of hydrogen-bond donors (Lipinski definition) is 1. The van der Waals surface area contributed by atoms with Crippen LogP contribution in [0.25, 0.3) is 11.3 Å². The summed E-state index contributed by atoms with van der Waals surface area (Å²) in [5.41, 5.74) is 8.27. The van der Waals surface area contributed by atoms with Crippen molar-refractivity contribution >= 4 is 5.84 Å². The second-order valence-corrected chi connectivity index (χ2v) is 5.57. The summed E-state index contributed by atoms with van der Waals surface area (Å²) in [6, 6.07) is 12.0. The molecule has 0 aliphatic carbocycles. The van der Waals surface area contributed by atoms with E-state index in [0.717, 1.165) is 11.3 Å². The van der Waals surface area contributed by atoms with Gasteiger partial charge in [0.25, 0.3) is 0 Å². The fraction of sp³-hybridized carbons (Fsp3) is 0.389. The van der Waals surface area contributed by atoms with Crippen molar-refractivity contribution in [3.63, 3.8) is 0 Å². The molecule has 0 saturated heterocycles. The number of furan rings is 1. The zero-order chi connectivity index (χ0) is 16.8. The van der Waals surface area contributed by atoms with Crippen LogP contribution in [0.1, 0.15) is 31.1 Å². The minimum Gasteiger partial charge on any atom is -0.453 e. The number of hydrogen-bond acceptors (Lipinski definition) is 4. The number of ether oxygens (including phenoxy) is 2. The standard InChI is InChI=1S/C18H24N2O3/c1-12(2)13-5-7-14(8-6-13)15-9-10-16(23-15)18(19)20-11-17(21-3)22-4/h5-10,12,17H,11H2,1-4H3,(H2,19,20). The van der Waals surface area contributed by atoms with Crippen molar-refractivity contribution in [1.82, 2.24) is 0 Å². The van der Waals surface area contributed by atoms with Crippen LogP contribution in [0.5, 0.6) is 0 Å². The van der Waals surface area contributed by atoms with Crippen molar-refractivity contribution in [3.05, 3.63) is 47.7 Å². The van der Waals surface area contributed by atoms with E-state index in [1.807, 2.05) is 12.1 Å². The quantitative estimate of drug-likeness (QED) is 0.483. The van der Waals surface area contributed by atoms with Gasteiger partial charge in [0.15, 0.2) is 17.9 Å². The van der Waals surface area contributed by atoms with Gasteiger partial charge in [0.05, 0.1) is 6.54 Å². The van der Waals surface area contributed by atoms with Crippen molar-refractivity contribution in [2.75, 3.05) is 20.8 Å². The number of methoxy groups -OCH3 is 2. The molecular weight excluding hydrogens is 292 g/mol. The Hall–Kier alpha value is -2.11. The molecule has 0 unspecified atom stereocenters. The van der Waals surface area contributed by atoms with Crippen LogP contribution in [0, 0.1) is 0 Å². The van der Waals surface area contributed by atoms with Gasteiger partial charge in [0, 0.05) is 19.8 Å². The van der Waals surface area contributed by atoms with E-state index in [1.54, 1.807) is 14.2 Å². The first-order valence-corrected chi connectivity index (χ1v) is 7.61. The van der Waals surface area contributed by atoms with Crippen LogP contribution < -0.4 is 5.73 Å². The third kappa shape index (κ3) is 4.43. The van der Waals surface area contributed by atoms with Crippen molar-refractivity contribution in [2.45, 2.75) is 26.1 Å². The third-order valence-electron chi connectivity index (χ3n) is 3.66. The Morgan fingerprint density at radius 2 is 1.74 bits per heavy atom. The summed E-state index contributed by atoms with van der Waals surface area (Å²) < 4.78 is 15.9. The van der Waals surface area contributed by atoms with E-state index in [4.69, 9.17) is 19.6 Å². The van der Waals surface area contributed by atoms with Gasteiger partial charge in [-0.25, -0.2) is 0 Å². The first kappa shape index (κ1) is 17.2. The van der Waals surface area contributed by atoms with Gasteiger partial charge < -0.3 is 19.6 Å². The van der Waals surface area contributed by atoms with Gasteiger partial charge in [0.2, 0.25) is 0 Å². The highest BCUT2D eigenvalue weighted by atomic mass is 16.7. The Balaban J connectivity index is 2.12. The zero-order valence-electron chi connectivity index (χ0n) is 14.1. The Morgan fingerprint density at radius 1 is 1.09 bits per heavy atom. The molecule has 2 rings (SSSR count). The van der Waals surface area contributed by atoms with E-state index in [9.17, 15) is 0 Å². The summed E-state index contributed by atoms with van der Waals surface area (Å²) in [6.07, 6.45) is -0.411. The smallest absolute Gasteiger partial charge is 0.176 e. The highest BCUT2D eigenvalue weighted by Crippen LogP contribution is 2.24. The molecule has 5 heteroatoms. The maximum absolute atomic E-state index is 5.95. The zero-order valence-corrected chi connectivity index (χ0v) is 14.1. The molecule has 23 heavy (non-hydrogen) atoms. The Morgan fingerprint density at radius 3 is 2.30 bits per heavy atom. The minimum absolute atomic E-state index is 0.317. The molecule has 2 aromatic rings. The second-order valence-electron chi connectivity index (χ2n) is 5.57. The van der Waals surface area contributed by atoms with Crippen LogP contribution in [0.2, 0.25) is 0 Å². The van der Waals surface area contributed by atoms with E-state index in [2.05, 4.69) is 43.1 Å². The SMILES string of the molecule is COC(CN=C(N)c1ccc(-c2ccc(C(C)C)cc2)o1)OC. The Bertz CT molecular complexity index is 641. The summed E-state index contributed by atoms with van der Waals surface area (Å²) in [4.78, 5) is 4.23. The normalized spacial score (nSPS) is 12.3. The van der Waals surface area contributed by atoms with Gasteiger partial charge in [-0.2, -0.15) is 0 Å². The predicted molar refractivity (Wildman–Crippen MR) is 91.6 cm³/mol. The number of rotatable bonds is 7. The Kier molecular flexibility index (Phi) is 5.96. The van der Waals surface area contributed by atoms with E-state index >= 15 is 0 Å². The van der Waals surface area contributed by atoms with Crippen molar-refractivity contribution < 1.29 is 13.9 Å². The average molecular weight is 316 g/mol. The first-order valence-electron chi connectivity index (χ1n) is 7.61. The number of nitrogens with two attached hydrogens (primary N) is 1. The largest absolute Gasteiger partial charge is 0.453 e. The van der Waals surface area contributed by atoms with E-state index < -0.39 is 6.29 Å². The van der Waals surface area contributed by atoms with Gasteiger partial charge >= 0.3 is 0 Å². The monoisotopic (exact) mass is 316 g/mol. The molecule has 0 spiro atoms. The molecular formula is C18H24N2O3. The Labute approximate surface area is 137 Å². The number of aliphatic imine (C=N–C) groups is 1. The maximum Gasteiger partial charge on any atom is 0.176 e. The molecule has 0 aliphatic rings. The topological polar surface area (TPSA) is 70.0 Å². The summed E-state index contributed by atoms with van der Waals surface area (Å²) in [6.45, 7) is 4.66. The molecule has 124 valence electrons. The van der Waals surface area contributed by atoms with Crippen LogP contribution in [0.15, 0.2) is 45.8 Å². The fourth-order valence-corrected chi connectivity index (χ4v) is 2.16.